The number of ether oxygens (including phenoxy) is 1. The molecule has 4 nitrogen and oxygen atoms in total. The lowest BCUT2D eigenvalue weighted by molar-refractivity contribution is -0.157. The van der Waals surface area contributed by atoms with Gasteiger partial charge in [-0.05, 0) is 33.4 Å². The van der Waals surface area contributed by atoms with Gasteiger partial charge in [0.1, 0.15) is 0 Å². The Morgan fingerprint density at radius 2 is 2.06 bits per heavy atom. The Morgan fingerprint density at radius 3 is 2.53 bits per heavy atom. The van der Waals surface area contributed by atoms with Crippen LogP contribution in [0.25, 0.3) is 0 Å². The predicted molar refractivity (Wildman–Crippen MR) is 69.8 cm³/mol. The number of esters is 1. The van der Waals surface area contributed by atoms with Crippen molar-refractivity contribution in [3.05, 3.63) is 12.2 Å². The minimum Gasteiger partial charge on any atom is -0.434 e. The molecule has 0 bridgehead atoms. The average molecular weight is 260 g/mol. The van der Waals surface area contributed by atoms with E-state index in [1.54, 1.807) is 19.9 Å². The first kappa shape index (κ1) is 16.3. The standard InChI is InChI=1S/C12H24O4Si/c1-6-9-12(13)15-11(4)16-17(5,10-7-2)14-8-3/h6,9,11H,7-8,10H2,1-5H3. The molecule has 0 aromatic rings. The molecular formula is C12H24O4Si. The van der Waals surface area contributed by atoms with Crippen molar-refractivity contribution in [1.82, 2.24) is 0 Å². The molecule has 0 aliphatic heterocycles. The maximum absolute atomic E-state index is 11.2. The number of carbonyl (C=O) groups excluding carboxylic acids is 1. The third-order valence-corrected chi connectivity index (χ3v) is 5.29. The monoisotopic (exact) mass is 260 g/mol. The lowest BCUT2D eigenvalue weighted by atomic mass is 10.5. The number of allylic oxidation sites excluding steroid dienone is 1. The lowest BCUT2D eigenvalue weighted by Crippen LogP contribution is -2.42. The van der Waals surface area contributed by atoms with E-state index in [0.717, 1.165) is 12.5 Å². The third-order valence-electron chi connectivity index (χ3n) is 2.15. The van der Waals surface area contributed by atoms with E-state index in [1.807, 2.05) is 13.5 Å². The summed E-state index contributed by atoms with van der Waals surface area (Å²) >= 11 is 0. The molecule has 2 atom stereocenters. The van der Waals surface area contributed by atoms with Crippen molar-refractivity contribution in [2.45, 2.75) is 53.0 Å². The molecule has 0 saturated carbocycles. The Bertz CT molecular complexity index is 247. The fraction of sp³-hybridized carbons (Fsp3) is 0.750. The summed E-state index contributed by atoms with van der Waals surface area (Å²) in [5, 5.41) is 0. The van der Waals surface area contributed by atoms with Gasteiger partial charge >= 0.3 is 14.5 Å². The normalized spacial score (nSPS) is 16.8. The lowest BCUT2D eigenvalue weighted by Gasteiger charge is -2.29. The van der Waals surface area contributed by atoms with Crippen LogP contribution >= 0.6 is 0 Å². The van der Waals surface area contributed by atoms with Gasteiger partial charge in [-0.2, -0.15) is 0 Å². The average Bonchev–Trinajstić information content (AvgIpc) is 2.17. The first-order valence-electron chi connectivity index (χ1n) is 6.12. The van der Waals surface area contributed by atoms with Crippen LogP contribution in [0.15, 0.2) is 12.2 Å². The topological polar surface area (TPSA) is 44.8 Å². The highest BCUT2D eigenvalue weighted by atomic mass is 28.4. The quantitative estimate of drug-likeness (QED) is 0.291. The van der Waals surface area contributed by atoms with E-state index in [0.29, 0.717) is 6.61 Å². The summed E-state index contributed by atoms with van der Waals surface area (Å²) in [6, 6.07) is 0.895. The summed E-state index contributed by atoms with van der Waals surface area (Å²) in [5.41, 5.74) is 0. The molecule has 0 aliphatic carbocycles. The first-order chi connectivity index (χ1) is 7.97. The zero-order valence-electron chi connectivity index (χ0n) is 11.5. The van der Waals surface area contributed by atoms with Crippen LogP contribution in [0.3, 0.4) is 0 Å². The Kier molecular flexibility index (Phi) is 8.12. The molecule has 0 fully saturated rings. The van der Waals surface area contributed by atoms with Crippen molar-refractivity contribution in [2.75, 3.05) is 6.61 Å². The molecule has 0 spiro atoms. The van der Waals surface area contributed by atoms with Gasteiger partial charge in [0.05, 0.1) is 0 Å². The SMILES string of the molecule is CC=CC(=O)OC(C)O[Si](C)(CCC)OCC. The van der Waals surface area contributed by atoms with Gasteiger partial charge in [-0.3, -0.25) is 0 Å². The number of carbonyl (C=O) groups is 1. The molecule has 0 rings (SSSR count). The number of hydrogen-bond donors (Lipinski definition) is 0. The summed E-state index contributed by atoms with van der Waals surface area (Å²) < 4.78 is 16.6. The van der Waals surface area contributed by atoms with Crippen LogP contribution in [0.4, 0.5) is 0 Å². The van der Waals surface area contributed by atoms with Crippen molar-refractivity contribution < 1.29 is 18.4 Å². The number of hydrogen-bond acceptors (Lipinski definition) is 4. The van der Waals surface area contributed by atoms with Crippen LogP contribution in [0.5, 0.6) is 0 Å². The van der Waals surface area contributed by atoms with Gasteiger partial charge in [0.2, 0.25) is 0 Å². The first-order valence-corrected chi connectivity index (χ1v) is 8.64. The summed E-state index contributed by atoms with van der Waals surface area (Å²) in [4.78, 5) is 11.2. The highest BCUT2D eigenvalue weighted by Gasteiger charge is 2.33. The van der Waals surface area contributed by atoms with Crippen LogP contribution in [-0.2, 0) is 18.4 Å². The van der Waals surface area contributed by atoms with E-state index in [-0.39, 0.29) is 5.97 Å². The maximum atomic E-state index is 11.2. The molecular weight excluding hydrogens is 236 g/mol. The fourth-order valence-electron chi connectivity index (χ4n) is 1.64. The van der Waals surface area contributed by atoms with Crippen molar-refractivity contribution >= 4 is 14.5 Å². The van der Waals surface area contributed by atoms with Crippen LogP contribution in [-0.4, -0.2) is 27.4 Å². The summed E-state index contributed by atoms with van der Waals surface area (Å²) in [6.07, 6.45) is 3.45. The van der Waals surface area contributed by atoms with Gasteiger partial charge in [-0.15, -0.1) is 0 Å². The van der Waals surface area contributed by atoms with E-state index in [4.69, 9.17) is 13.6 Å². The van der Waals surface area contributed by atoms with Crippen molar-refractivity contribution in [3.63, 3.8) is 0 Å². The molecule has 2 unspecified atom stereocenters. The van der Waals surface area contributed by atoms with Crippen molar-refractivity contribution in [3.8, 4) is 0 Å². The second-order valence-corrected chi connectivity index (χ2v) is 7.23. The second-order valence-electron chi connectivity index (χ2n) is 3.94. The van der Waals surface area contributed by atoms with Crippen molar-refractivity contribution in [1.29, 1.82) is 0 Å². The van der Waals surface area contributed by atoms with E-state index >= 15 is 0 Å². The van der Waals surface area contributed by atoms with E-state index < -0.39 is 14.9 Å². The van der Waals surface area contributed by atoms with Gasteiger partial charge in [0.25, 0.3) is 0 Å². The highest BCUT2D eigenvalue weighted by Crippen LogP contribution is 2.18. The van der Waals surface area contributed by atoms with E-state index in [9.17, 15) is 4.79 Å². The molecule has 0 N–H and O–H groups in total. The Morgan fingerprint density at radius 1 is 1.41 bits per heavy atom. The van der Waals surface area contributed by atoms with Gasteiger partial charge < -0.3 is 13.6 Å². The molecule has 5 heteroatoms. The summed E-state index contributed by atoms with van der Waals surface area (Å²) in [6.45, 7) is 10.1. The molecule has 0 saturated heterocycles. The maximum Gasteiger partial charge on any atom is 0.337 e. The van der Waals surface area contributed by atoms with Crippen LogP contribution in [0, 0.1) is 0 Å². The van der Waals surface area contributed by atoms with Gasteiger partial charge in [0, 0.05) is 12.7 Å². The van der Waals surface area contributed by atoms with Gasteiger partial charge in [-0.25, -0.2) is 4.79 Å². The zero-order chi connectivity index (χ0) is 13.3. The molecule has 0 aliphatic rings. The zero-order valence-corrected chi connectivity index (χ0v) is 12.5. The fourth-order valence-corrected chi connectivity index (χ4v) is 4.24. The molecule has 0 amide bonds. The Labute approximate surface area is 105 Å². The van der Waals surface area contributed by atoms with Crippen LogP contribution in [0.2, 0.25) is 12.6 Å². The third kappa shape index (κ3) is 7.30. The Hall–Kier alpha value is -0.653. The minimum absolute atomic E-state index is 0.385. The summed E-state index contributed by atoms with van der Waals surface area (Å²) in [7, 11) is -2.20. The molecule has 0 heterocycles. The molecule has 0 aromatic carbocycles. The van der Waals surface area contributed by atoms with Gasteiger partial charge in [0.15, 0.2) is 6.29 Å². The Balaban J connectivity index is 4.29. The van der Waals surface area contributed by atoms with E-state index in [2.05, 4.69) is 6.92 Å². The predicted octanol–water partition coefficient (Wildman–Crippen LogP) is 2.99. The largest absolute Gasteiger partial charge is 0.434 e. The molecule has 0 aromatic heterocycles. The molecule has 17 heavy (non-hydrogen) atoms. The minimum atomic E-state index is -2.20. The molecule has 100 valence electrons. The van der Waals surface area contributed by atoms with Gasteiger partial charge in [-0.1, -0.05) is 19.4 Å². The summed E-state index contributed by atoms with van der Waals surface area (Å²) in [5.74, 6) is -0.385. The second kappa shape index (κ2) is 8.44. The van der Waals surface area contributed by atoms with Crippen molar-refractivity contribution in [2.24, 2.45) is 0 Å². The molecule has 0 radical (unpaired) electrons. The van der Waals surface area contributed by atoms with Crippen LogP contribution < -0.4 is 0 Å². The van der Waals surface area contributed by atoms with Crippen LogP contribution in [0.1, 0.15) is 34.1 Å². The highest BCUT2D eigenvalue weighted by molar-refractivity contribution is 6.66. The van der Waals surface area contributed by atoms with E-state index in [1.165, 1.54) is 6.08 Å². The smallest absolute Gasteiger partial charge is 0.337 e. The number of rotatable bonds is 8.